The van der Waals surface area contributed by atoms with Crippen LogP contribution in [-0.4, -0.2) is 55.4 Å². The van der Waals surface area contributed by atoms with Gasteiger partial charge in [-0.25, -0.2) is 18.6 Å². The number of nitrogens with one attached hydrogen (secondary N) is 3. The number of nitrogens with zero attached hydrogens (tertiary/aromatic N) is 7. The molecular formula is C41H31F5N10O3S. The summed E-state index contributed by atoms with van der Waals surface area (Å²) in [7, 11) is 1.74. The number of urea groups is 1. The van der Waals surface area contributed by atoms with Crippen LogP contribution < -0.4 is 25.8 Å². The summed E-state index contributed by atoms with van der Waals surface area (Å²) in [6.07, 6.45) is -3.46. The summed E-state index contributed by atoms with van der Waals surface area (Å²) in [6.45, 7) is 2.60. The number of anilines is 4. The molecule has 60 heavy (non-hydrogen) atoms. The van der Waals surface area contributed by atoms with Crippen molar-refractivity contribution in [3.8, 4) is 6.07 Å². The Balaban J connectivity index is 0.959. The molecule has 2 atom stereocenters. The van der Waals surface area contributed by atoms with Gasteiger partial charge in [-0.05, 0) is 86.2 Å². The Bertz CT molecular complexity index is 2730. The summed E-state index contributed by atoms with van der Waals surface area (Å²) in [6, 6.07) is 16.5. The normalized spacial score (nSPS) is 18.1. The van der Waals surface area contributed by atoms with E-state index in [-0.39, 0.29) is 46.5 Å². The van der Waals surface area contributed by atoms with Gasteiger partial charge in [0.2, 0.25) is 0 Å². The van der Waals surface area contributed by atoms with E-state index < -0.39 is 58.4 Å². The second-order valence-electron chi connectivity index (χ2n) is 14.7. The first-order valence-electron chi connectivity index (χ1n) is 18.2. The second kappa shape index (κ2) is 14.6. The topological polar surface area (TPSA) is 161 Å². The van der Waals surface area contributed by atoms with Crippen molar-refractivity contribution in [2.45, 2.75) is 44.1 Å². The molecule has 1 unspecified atom stereocenters. The molecule has 3 aliphatic rings. The maximum absolute atomic E-state index is 15.6. The zero-order chi connectivity index (χ0) is 42.8. The van der Waals surface area contributed by atoms with Gasteiger partial charge in [-0.3, -0.25) is 24.2 Å². The summed E-state index contributed by atoms with van der Waals surface area (Å²) in [4.78, 5) is 50.6. The molecule has 0 radical (unpaired) electrons. The summed E-state index contributed by atoms with van der Waals surface area (Å²) in [5, 5.41) is 21.9. The fraction of sp³-hybridized carbons (Fsp3) is 0.220. The van der Waals surface area contributed by atoms with Crippen LogP contribution in [0.2, 0.25) is 0 Å². The van der Waals surface area contributed by atoms with Crippen molar-refractivity contribution >= 4 is 63.5 Å². The fourth-order valence-electron chi connectivity index (χ4n) is 7.74. The molecule has 3 aliphatic heterocycles. The molecule has 19 heteroatoms. The summed E-state index contributed by atoms with van der Waals surface area (Å²) >= 11 is 5.55. The number of rotatable bonds is 7. The van der Waals surface area contributed by atoms with Gasteiger partial charge in [0.15, 0.2) is 10.9 Å². The Morgan fingerprint density at radius 1 is 1.03 bits per heavy atom. The van der Waals surface area contributed by atoms with Crippen molar-refractivity contribution in [2.75, 3.05) is 27.0 Å². The SMILES string of the molecule is Cn1ncnc1[C@H]1C2=NCC(=O)c3cc(F)cc(c32)NC1c1ccc(NC(=O)NCc2ccc(N3C(=S)N(c4ccc(C#N)c(C(F)(F)F)c4)C(=O)C3(C)C)cc2F)cc1. The molecule has 1 aromatic heterocycles. The number of hydrogen-bond acceptors (Lipinski definition) is 9. The van der Waals surface area contributed by atoms with Gasteiger partial charge >= 0.3 is 12.2 Å². The van der Waals surface area contributed by atoms with Crippen LogP contribution in [0, 0.1) is 23.0 Å². The molecule has 0 aliphatic carbocycles. The van der Waals surface area contributed by atoms with Crippen LogP contribution in [0.1, 0.15) is 69.8 Å². The highest BCUT2D eigenvalue weighted by Gasteiger charge is 2.51. The number of nitriles is 1. The summed E-state index contributed by atoms with van der Waals surface area (Å²) < 4.78 is 73.1. The molecule has 8 rings (SSSR count). The minimum absolute atomic E-state index is 0.0858. The van der Waals surface area contributed by atoms with Crippen LogP contribution in [0.3, 0.4) is 0 Å². The molecule has 5 aromatic rings. The van der Waals surface area contributed by atoms with Crippen LogP contribution >= 0.6 is 12.2 Å². The van der Waals surface area contributed by atoms with Gasteiger partial charge in [-0.1, -0.05) is 18.2 Å². The number of aryl methyl sites for hydroxylation is 1. The average Bonchev–Trinajstić information content (AvgIpc) is 3.70. The smallest absolute Gasteiger partial charge is 0.376 e. The molecule has 1 fully saturated rings. The van der Waals surface area contributed by atoms with Crippen molar-refractivity contribution in [1.29, 1.82) is 5.26 Å². The molecule has 3 N–H and O–H groups in total. The lowest BCUT2D eigenvalue weighted by Gasteiger charge is -2.37. The molecule has 3 amide bonds. The molecule has 0 bridgehead atoms. The maximum Gasteiger partial charge on any atom is 0.417 e. The largest absolute Gasteiger partial charge is 0.417 e. The van der Waals surface area contributed by atoms with Crippen LogP contribution in [0.25, 0.3) is 0 Å². The Kier molecular flexibility index (Phi) is 9.70. The Hall–Kier alpha value is -7.07. The van der Waals surface area contributed by atoms with Gasteiger partial charge in [0.25, 0.3) is 5.91 Å². The number of carbonyl (C=O) groups excluding carboxylic acids is 3. The van der Waals surface area contributed by atoms with Gasteiger partial charge < -0.3 is 20.9 Å². The Morgan fingerprint density at radius 2 is 1.77 bits per heavy atom. The average molecular weight is 839 g/mol. The van der Waals surface area contributed by atoms with E-state index in [1.165, 1.54) is 61.5 Å². The molecule has 0 saturated carbocycles. The third-order valence-corrected chi connectivity index (χ3v) is 11.0. The molecule has 1 saturated heterocycles. The lowest BCUT2D eigenvalue weighted by Crippen LogP contribution is -2.44. The number of amides is 3. The van der Waals surface area contributed by atoms with Crippen molar-refractivity contribution < 1.29 is 36.3 Å². The van der Waals surface area contributed by atoms with Gasteiger partial charge in [0, 0.05) is 47.3 Å². The van der Waals surface area contributed by atoms with Gasteiger partial charge in [-0.2, -0.15) is 23.5 Å². The number of benzene rings is 4. The quantitative estimate of drug-likeness (QED) is 0.114. The van der Waals surface area contributed by atoms with Crippen LogP contribution in [0.4, 0.5) is 49.5 Å². The first-order valence-corrected chi connectivity index (χ1v) is 18.6. The maximum atomic E-state index is 15.6. The Labute approximate surface area is 343 Å². The number of Topliss-reactive ketones (excluding diaryl/α,β-unsaturated/α-hetero) is 1. The van der Waals surface area contributed by atoms with Crippen molar-refractivity contribution in [2.24, 2.45) is 12.0 Å². The van der Waals surface area contributed by atoms with E-state index >= 15 is 4.39 Å². The van der Waals surface area contributed by atoms with E-state index in [2.05, 4.69) is 31.0 Å². The van der Waals surface area contributed by atoms with Crippen LogP contribution in [0.15, 0.2) is 84.1 Å². The number of aromatic nitrogens is 3. The number of thiocarbonyl (C=S) groups is 1. The Morgan fingerprint density at radius 3 is 2.43 bits per heavy atom. The zero-order valence-corrected chi connectivity index (χ0v) is 32.5. The third kappa shape index (κ3) is 6.77. The molecule has 4 heterocycles. The van der Waals surface area contributed by atoms with Crippen LogP contribution in [-0.2, 0) is 24.6 Å². The van der Waals surface area contributed by atoms with Gasteiger partial charge in [-0.15, -0.1) is 0 Å². The van der Waals surface area contributed by atoms with E-state index in [0.29, 0.717) is 34.5 Å². The van der Waals surface area contributed by atoms with Crippen molar-refractivity contribution in [1.82, 2.24) is 20.1 Å². The lowest BCUT2D eigenvalue weighted by molar-refractivity contribution is -0.137. The highest BCUT2D eigenvalue weighted by atomic mass is 32.1. The summed E-state index contributed by atoms with van der Waals surface area (Å²) in [5.74, 6) is -2.23. The molecule has 13 nitrogen and oxygen atoms in total. The number of aliphatic imine (C=N–C) groups is 1. The van der Waals surface area contributed by atoms with E-state index in [9.17, 15) is 37.2 Å². The van der Waals surface area contributed by atoms with E-state index in [4.69, 9.17) is 12.2 Å². The fourth-order valence-corrected chi connectivity index (χ4v) is 8.26. The minimum atomic E-state index is -4.87. The standard InChI is InChI=1S/C41H31F5N10O3S/c1-40(2)37(58)55(25-10-6-21(16-47)28(14-25)41(44,45)46)39(60)56(40)26-11-7-22(29(43)15-26)17-49-38(59)52-24-8-4-20(5-9-24)34-33(36-50-19-51-54(36)3)35-32-27(31(57)18-48-35)12-23(42)13-30(32)53-34/h4-15,19,33-34,53H,17-18H2,1-3H3,(H2,49,52,59)/t33-,34?/m1/s1. The van der Waals surface area contributed by atoms with Gasteiger partial charge in [0.1, 0.15) is 35.9 Å². The van der Waals surface area contributed by atoms with Crippen molar-refractivity contribution in [3.05, 3.63) is 130 Å². The van der Waals surface area contributed by atoms with E-state index in [1.807, 2.05) is 0 Å². The lowest BCUT2D eigenvalue weighted by atomic mass is 9.78. The van der Waals surface area contributed by atoms with E-state index in [0.717, 1.165) is 22.6 Å². The van der Waals surface area contributed by atoms with Crippen molar-refractivity contribution in [3.63, 3.8) is 0 Å². The highest BCUT2D eigenvalue weighted by Crippen LogP contribution is 2.45. The number of halogens is 5. The molecule has 4 aromatic carbocycles. The predicted molar refractivity (Wildman–Crippen MR) is 214 cm³/mol. The predicted octanol–water partition coefficient (Wildman–Crippen LogP) is 7.16. The molecular weight excluding hydrogens is 808 g/mol. The van der Waals surface area contributed by atoms with Crippen LogP contribution in [0.5, 0.6) is 0 Å². The summed E-state index contributed by atoms with van der Waals surface area (Å²) in [5.41, 5.74) is -0.377. The number of alkyl halides is 3. The number of hydrogen-bond donors (Lipinski definition) is 3. The second-order valence-corrected chi connectivity index (χ2v) is 15.1. The minimum Gasteiger partial charge on any atom is -0.376 e. The first kappa shape index (κ1) is 39.7. The number of carbonyl (C=O) groups is 3. The van der Waals surface area contributed by atoms with E-state index in [1.54, 1.807) is 36.0 Å². The third-order valence-electron chi connectivity index (χ3n) is 10.6. The molecule has 0 spiro atoms. The monoisotopic (exact) mass is 838 g/mol. The number of ketones is 1. The van der Waals surface area contributed by atoms with Gasteiger partial charge in [0.05, 0.1) is 40.6 Å². The first-order chi connectivity index (χ1) is 28.5. The molecule has 304 valence electrons. The zero-order valence-electron chi connectivity index (χ0n) is 31.7. The highest BCUT2D eigenvalue weighted by molar-refractivity contribution is 7.81.